The topological polar surface area (TPSA) is 81.8 Å². The van der Waals surface area contributed by atoms with E-state index in [1.54, 1.807) is 0 Å². The van der Waals surface area contributed by atoms with Crippen molar-refractivity contribution in [3.8, 4) is 17.2 Å². The number of hydrogen-bond acceptors (Lipinski definition) is 3. The Morgan fingerprint density at radius 3 is 2.62 bits per heavy atom. The number of hydrogen-bond donors (Lipinski definition) is 1. The van der Waals surface area contributed by atoms with Crippen molar-refractivity contribution in [3.05, 3.63) is 63.6 Å². The van der Waals surface area contributed by atoms with Gasteiger partial charge in [0, 0.05) is 23.7 Å². The third kappa shape index (κ3) is 4.07. The van der Waals surface area contributed by atoms with Gasteiger partial charge in [0.1, 0.15) is 17.3 Å². The van der Waals surface area contributed by atoms with Gasteiger partial charge in [0.15, 0.2) is 5.69 Å². The van der Waals surface area contributed by atoms with E-state index < -0.39 is 11.9 Å². The van der Waals surface area contributed by atoms with E-state index >= 15 is 0 Å². The highest BCUT2D eigenvalue weighted by Crippen LogP contribution is 2.37. The van der Waals surface area contributed by atoms with Gasteiger partial charge in [-0.3, -0.25) is 10.4 Å². The zero-order valence-electron chi connectivity index (χ0n) is 18.1. The van der Waals surface area contributed by atoms with Gasteiger partial charge in [0.25, 0.3) is 5.82 Å². The molecule has 2 aromatic heterocycles. The minimum absolute atomic E-state index is 0.203. The Morgan fingerprint density at radius 2 is 1.94 bits per heavy atom. The second-order valence-electron chi connectivity index (χ2n) is 8.41. The Balaban J connectivity index is 1.86. The number of aromatic amines is 1. The Kier molecular flexibility index (Phi) is 5.68. The number of aryl methyl sites for hydroxylation is 2. The smallest absolute Gasteiger partial charge is 0.286 e. The van der Waals surface area contributed by atoms with Gasteiger partial charge >= 0.3 is 6.18 Å². The number of pyridine rings is 1. The average Bonchev–Trinajstić information content (AvgIpc) is 3.08. The van der Waals surface area contributed by atoms with E-state index in [1.165, 1.54) is 10.9 Å². The van der Waals surface area contributed by atoms with Crippen molar-refractivity contribution in [3.63, 3.8) is 0 Å². The summed E-state index contributed by atoms with van der Waals surface area (Å²) in [5, 5.41) is 13.6. The standard InChI is InChI=1S/C24H24F3N5/c1-14-10-16(13-32-9-8-21(31-32)24(25,26)27)15(2)18(11-14)22-17-6-4-3-5-7-20(17)30-23(29)19(22)12-28/h8-11H,3-7,13H2,1-2H3,(H2,29,30)/p+1. The molecular formula is C24H25F3N5+. The first-order valence-electron chi connectivity index (χ1n) is 10.7. The number of anilines is 1. The van der Waals surface area contributed by atoms with E-state index in [2.05, 4.69) is 16.2 Å². The number of aromatic nitrogens is 3. The van der Waals surface area contributed by atoms with E-state index in [-0.39, 0.29) is 6.54 Å². The van der Waals surface area contributed by atoms with Crippen LogP contribution in [-0.4, -0.2) is 9.78 Å². The number of nitrogens with two attached hydrogens (primary N) is 1. The lowest BCUT2D eigenvalue weighted by Crippen LogP contribution is -2.22. The summed E-state index contributed by atoms with van der Waals surface area (Å²) >= 11 is 0. The molecule has 3 N–H and O–H groups in total. The van der Waals surface area contributed by atoms with Crippen molar-refractivity contribution in [2.24, 2.45) is 0 Å². The molecule has 0 amide bonds. The molecule has 0 saturated carbocycles. The number of benzene rings is 1. The quantitative estimate of drug-likeness (QED) is 0.596. The molecular weight excluding hydrogens is 415 g/mol. The average molecular weight is 440 g/mol. The molecule has 5 nitrogen and oxygen atoms in total. The highest BCUT2D eigenvalue weighted by Gasteiger charge is 2.33. The van der Waals surface area contributed by atoms with Crippen molar-refractivity contribution in [1.29, 1.82) is 5.26 Å². The van der Waals surface area contributed by atoms with E-state index in [1.807, 2.05) is 26.0 Å². The monoisotopic (exact) mass is 440 g/mol. The Morgan fingerprint density at radius 1 is 1.19 bits per heavy atom. The van der Waals surface area contributed by atoms with Crippen LogP contribution >= 0.6 is 0 Å². The molecule has 1 aromatic carbocycles. The molecule has 2 heterocycles. The summed E-state index contributed by atoms with van der Waals surface area (Å²) in [6, 6.07) is 7.24. The van der Waals surface area contributed by atoms with Crippen LogP contribution in [0.2, 0.25) is 0 Å². The van der Waals surface area contributed by atoms with Gasteiger partial charge in [-0.05, 0) is 55.9 Å². The second-order valence-corrected chi connectivity index (χ2v) is 8.41. The zero-order chi connectivity index (χ0) is 23.0. The van der Waals surface area contributed by atoms with Gasteiger partial charge in [0.2, 0.25) is 0 Å². The van der Waals surface area contributed by atoms with Crippen LogP contribution in [0.25, 0.3) is 11.1 Å². The number of fused-ring (bicyclic) bond motifs is 1. The van der Waals surface area contributed by atoms with E-state index in [0.29, 0.717) is 11.4 Å². The number of H-pyrrole nitrogens is 1. The molecule has 1 aliphatic rings. The van der Waals surface area contributed by atoms with Crippen molar-refractivity contribution in [1.82, 2.24) is 9.78 Å². The fourth-order valence-electron chi connectivity index (χ4n) is 4.55. The molecule has 0 spiro atoms. The van der Waals surface area contributed by atoms with Gasteiger partial charge < -0.3 is 0 Å². The van der Waals surface area contributed by atoms with Crippen LogP contribution in [0.5, 0.6) is 0 Å². The molecule has 1 aliphatic carbocycles. The van der Waals surface area contributed by atoms with E-state index in [4.69, 9.17) is 5.73 Å². The molecule has 0 bridgehead atoms. The van der Waals surface area contributed by atoms with Crippen molar-refractivity contribution in [2.75, 3.05) is 5.73 Å². The lowest BCUT2D eigenvalue weighted by Gasteiger charge is -2.18. The first-order valence-corrected chi connectivity index (χ1v) is 10.7. The fraction of sp³-hybridized carbons (Fsp3) is 0.375. The number of nitrogen functional groups attached to an aromatic ring is 1. The molecule has 0 saturated heterocycles. The third-order valence-corrected chi connectivity index (χ3v) is 6.13. The summed E-state index contributed by atoms with van der Waals surface area (Å²) in [5.74, 6) is 0.354. The first kappa shape index (κ1) is 21.9. The summed E-state index contributed by atoms with van der Waals surface area (Å²) < 4.78 is 40.2. The van der Waals surface area contributed by atoms with E-state index in [9.17, 15) is 18.4 Å². The van der Waals surface area contributed by atoms with Gasteiger partial charge in [-0.15, -0.1) is 0 Å². The number of rotatable bonds is 3. The maximum atomic E-state index is 13.0. The summed E-state index contributed by atoms with van der Waals surface area (Å²) in [5.41, 5.74) is 12.4. The van der Waals surface area contributed by atoms with Crippen LogP contribution in [0.3, 0.4) is 0 Å². The van der Waals surface area contributed by atoms with E-state index in [0.717, 1.165) is 77.2 Å². The van der Waals surface area contributed by atoms with Crippen molar-refractivity contribution >= 4 is 5.82 Å². The molecule has 3 aromatic rings. The van der Waals surface area contributed by atoms with Gasteiger partial charge in [-0.2, -0.15) is 23.5 Å². The predicted octanol–water partition coefficient (Wildman–Crippen LogP) is 4.77. The number of nitriles is 1. The molecule has 0 unspecified atom stereocenters. The Bertz CT molecular complexity index is 1220. The normalized spacial score (nSPS) is 14.0. The predicted molar refractivity (Wildman–Crippen MR) is 115 cm³/mol. The molecule has 0 aliphatic heterocycles. The van der Waals surface area contributed by atoms with Gasteiger partial charge in [-0.25, -0.2) is 4.98 Å². The van der Waals surface area contributed by atoms with Crippen LogP contribution in [-0.2, 0) is 25.6 Å². The SMILES string of the molecule is Cc1cc(Cn2ccc(C(F)(F)F)n2)c(C)c(-c2c(C#N)c(N)[nH+]c3c2CCCCC3)c1. The molecule has 0 atom stereocenters. The molecule has 0 fully saturated rings. The van der Waals surface area contributed by atoms with Crippen LogP contribution in [0, 0.1) is 25.2 Å². The number of halogens is 3. The summed E-state index contributed by atoms with van der Waals surface area (Å²) in [7, 11) is 0. The third-order valence-electron chi connectivity index (χ3n) is 6.13. The number of alkyl halides is 3. The minimum atomic E-state index is -4.48. The van der Waals surface area contributed by atoms with Crippen LogP contribution in [0.15, 0.2) is 24.4 Å². The van der Waals surface area contributed by atoms with Crippen LogP contribution in [0.1, 0.15) is 58.5 Å². The minimum Gasteiger partial charge on any atom is -0.286 e. The van der Waals surface area contributed by atoms with Gasteiger partial charge in [-0.1, -0.05) is 24.1 Å². The highest BCUT2D eigenvalue weighted by molar-refractivity contribution is 5.81. The highest BCUT2D eigenvalue weighted by atomic mass is 19.4. The molecule has 166 valence electrons. The Labute approximate surface area is 184 Å². The summed E-state index contributed by atoms with van der Waals surface area (Å²) in [4.78, 5) is 3.24. The number of nitrogens with zero attached hydrogens (tertiary/aromatic N) is 3. The largest absolute Gasteiger partial charge is 0.435 e. The molecule has 32 heavy (non-hydrogen) atoms. The summed E-state index contributed by atoms with van der Waals surface area (Å²) in [6.45, 7) is 4.09. The van der Waals surface area contributed by atoms with Crippen molar-refractivity contribution < 1.29 is 18.2 Å². The Hall–Kier alpha value is -3.34. The second kappa shape index (κ2) is 8.30. The first-order chi connectivity index (χ1) is 15.2. The molecule has 8 heteroatoms. The maximum absolute atomic E-state index is 13.0. The lowest BCUT2D eigenvalue weighted by atomic mass is 9.87. The van der Waals surface area contributed by atoms with Crippen LogP contribution < -0.4 is 10.7 Å². The van der Waals surface area contributed by atoms with Gasteiger partial charge in [0.05, 0.1) is 6.54 Å². The molecule has 4 rings (SSSR count). The molecule has 0 radical (unpaired) electrons. The van der Waals surface area contributed by atoms with Crippen LogP contribution in [0.4, 0.5) is 19.0 Å². The lowest BCUT2D eigenvalue weighted by molar-refractivity contribution is -0.373. The van der Waals surface area contributed by atoms with Crippen molar-refractivity contribution in [2.45, 2.75) is 58.7 Å². The zero-order valence-corrected chi connectivity index (χ0v) is 18.1. The summed E-state index contributed by atoms with van der Waals surface area (Å²) in [6.07, 6.45) is 1.81. The fourth-order valence-corrected chi connectivity index (χ4v) is 4.55. The maximum Gasteiger partial charge on any atom is 0.435 e. The number of nitrogens with one attached hydrogen (secondary N) is 1.